The zero-order valence-electron chi connectivity index (χ0n) is 15.5. The molecule has 142 valence electrons. The molecule has 0 bridgehead atoms. The maximum absolute atomic E-state index is 12.2. The van der Waals surface area contributed by atoms with E-state index < -0.39 is 18.7 Å². The largest absolute Gasteiger partial charge is 0.488 e. The standard InChI is InChI=1S/C17H25BN2O6/c1-11-13(15(21)22)9-12(18(24)25)10-14(11)19-5-7-20(8-6-19)16(23)26-17(2,3)4/h9-10,24-25H,5-8H2,1-4H3,(H,21,22). The lowest BCUT2D eigenvalue weighted by Gasteiger charge is -2.37. The monoisotopic (exact) mass is 364 g/mol. The van der Waals surface area contributed by atoms with Gasteiger partial charge in [0, 0.05) is 31.9 Å². The van der Waals surface area contributed by atoms with E-state index in [2.05, 4.69) is 0 Å². The fourth-order valence-electron chi connectivity index (χ4n) is 2.88. The van der Waals surface area contributed by atoms with Crippen molar-refractivity contribution in [2.75, 3.05) is 31.1 Å². The Balaban J connectivity index is 2.18. The van der Waals surface area contributed by atoms with Crippen molar-refractivity contribution < 1.29 is 29.5 Å². The summed E-state index contributed by atoms with van der Waals surface area (Å²) >= 11 is 0. The Kier molecular flexibility index (Phi) is 5.82. The predicted molar refractivity (Wildman–Crippen MR) is 98.0 cm³/mol. The number of nitrogens with zero attached hydrogens (tertiary/aromatic N) is 2. The number of carbonyl (C=O) groups excluding carboxylic acids is 1. The molecule has 8 nitrogen and oxygen atoms in total. The molecule has 0 saturated carbocycles. The zero-order chi connectivity index (χ0) is 19.6. The minimum absolute atomic E-state index is 0.0279. The van der Waals surface area contributed by atoms with Crippen LogP contribution in [-0.4, -0.2) is 71.0 Å². The van der Waals surface area contributed by atoms with Crippen molar-refractivity contribution in [3.05, 3.63) is 23.3 Å². The first-order valence-corrected chi connectivity index (χ1v) is 8.46. The highest BCUT2D eigenvalue weighted by Crippen LogP contribution is 2.24. The number of benzene rings is 1. The van der Waals surface area contributed by atoms with Gasteiger partial charge in [0.05, 0.1) is 5.56 Å². The van der Waals surface area contributed by atoms with Gasteiger partial charge in [0.25, 0.3) is 0 Å². The molecule has 3 N–H and O–H groups in total. The molecular weight excluding hydrogens is 339 g/mol. The number of hydrogen-bond donors (Lipinski definition) is 3. The third-order valence-corrected chi connectivity index (χ3v) is 4.20. The number of rotatable bonds is 3. The lowest BCUT2D eigenvalue weighted by Crippen LogP contribution is -2.50. The number of carbonyl (C=O) groups is 2. The van der Waals surface area contributed by atoms with Crippen molar-refractivity contribution in [2.24, 2.45) is 0 Å². The molecule has 0 atom stereocenters. The number of ether oxygens (including phenoxy) is 1. The number of piperazine rings is 1. The number of aromatic carboxylic acids is 1. The van der Waals surface area contributed by atoms with Crippen LogP contribution in [0.3, 0.4) is 0 Å². The molecule has 1 aromatic rings. The van der Waals surface area contributed by atoms with Crippen LogP contribution in [0.5, 0.6) is 0 Å². The van der Waals surface area contributed by atoms with Gasteiger partial charge in [-0.25, -0.2) is 9.59 Å². The van der Waals surface area contributed by atoms with Crippen molar-refractivity contribution >= 4 is 30.3 Å². The molecule has 2 rings (SSSR count). The zero-order valence-corrected chi connectivity index (χ0v) is 15.5. The van der Waals surface area contributed by atoms with Crippen molar-refractivity contribution in [1.29, 1.82) is 0 Å². The van der Waals surface area contributed by atoms with Gasteiger partial charge in [-0.3, -0.25) is 0 Å². The van der Waals surface area contributed by atoms with E-state index >= 15 is 0 Å². The lowest BCUT2D eigenvalue weighted by molar-refractivity contribution is 0.0240. The van der Waals surface area contributed by atoms with Gasteiger partial charge in [-0.1, -0.05) is 0 Å². The Morgan fingerprint density at radius 3 is 2.15 bits per heavy atom. The highest BCUT2D eigenvalue weighted by Gasteiger charge is 2.28. The molecule has 0 unspecified atom stereocenters. The van der Waals surface area contributed by atoms with Crippen LogP contribution >= 0.6 is 0 Å². The number of carboxylic acid groups (broad SMARTS) is 1. The summed E-state index contributed by atoms with van der Waals surface area (Å²) in [7, 11) is -1.75. The van der Waals surface area contributed by atoms with Gasteiger partial charge in [-0.15, -0.1) is 0 Å². The first-order chi connectivity index (χ1) is 12.0. The molecule has 0 aliphatic carbocycles. The van der Waals surface area contributed by atoms with Crippen molar-refractivity contribution in [3.63, 3.8) is 0 Å². The van der Waals surface area contributed by atoms with E-state index in [1.807, 2.05) is 25.7 Å². The van der Waals surface area contributed by atoms with Crippen LogP contribution in [0.1, 0.15) is 36.7 Å². The summed E-state index contributed by atoms with van der Waals surface area (Å²) in [6, 6.07) is 2.85. The third-order valence-electron chi connectivity index (χ3n) is 4.20. The van der Waals surface area contributed by atoms with Crippen LogP contribution in [0.2, 0.25) is 0 Å². The van der Waals surface area contributed by atoms with Gasteiger partial charge in [-0.2, -0.15) is 0 Å². The minimum atomic E-state index is -1.75. The molecule has 1 saturated heterocycles. The van der Waals surface area contributed by atoms with Gasteiger partial charge < -0.3 is 29.7 Å². The topological polar surface area (TPSA) is 111 Å². The van der Waals surface area contributed by atoms with Crippen LogP contribution in [0, 0.1) is 6.92 Å². The van der Waals surface area contributed by atoms with Crippen molar-refractivity contribution in [3.8, 4) is 0 Å². The second-order valence-electron chi connectivity index (χ2n) is 7.35. The minimum Gasteiger partial charge on any atom is -0.478 e. The van der Waals surface area contributed by atoms with Gasteiger partial charge in [0.1, 0.15) is 5.60 Å². The summed E-state index contributed by atoms with van der Waals surface area (Å²) in [5.74, 6) is -1.13. The summed E-state index contributed by atoms with van der Waals surface area (Å²) in [5.41, 5.74) is 0.759. The first-order valence-electron chi connectivity index (χ1n) is 8.46. The summed E-state index contributed by atoms with van der Waals surface area (Å²) in [5, 5.41) is 28.2. The Hall–Kier alpha value is -2.26. The van der Waals surface area contributed by atoms with E-state index in [9.17, 15) is 24.7 Å². The second kappa shape index (κ2) is 7.55. The van der Waals surface area contributed by atoms with E-state index in [4.69, 9.17) is 4.74 Å². The van der Waals surface area contributed by atoms with Crippen molar-refractivity contribution in [2.45, 2.75) is 33.3 Å². The average Bonchev–Trinajstić information content (AvgIpc) is 2.53. The molecule has 1 amide bonds. The van der Waals surface area contributed by atoms with E-state index in [-0.39, 0.29) is 17.1 Å². The lowest BCUT2D eigenvalue weighted by atomic mass is 9.78. The SMILES string of the molecule is Cc1c(C(=O)O)cc(B(O)O)cc1N1CCN(C(=O)OC(C)(C)C)CC1. The average molecular weight is 364 g/mol. The number of anilines is 1. The van der Waals surface area contributed by atoms with E-state index in [0.29, 0.717) is 37.4 Å². The Labute approximate surface area is 153 Å². The van der Waals surface area contributed by atoms with Crippen LogP contribution in [-0.2, 0) is 4.74 Å². The first kappa shape index (κ1) is 20.1. The maximum Gasteiger partial charge on any atom is 0.488 e. The van der Waals surface area contributed by atoms with Gasteiger partial charge in [-0.05, 0) is 50.9 Å². The quantitative estimate of drug-likeness (QED) is 0.667. The molecular formula is C17H25BN2O6. The Morgan fingerprint density at radius 2 is 1.69 bits per heavy atom. The smallest absolute Gasteiger partial charge is 0.478 e. The normalized spacial score (nSPS) is 15.0. The predicted octanol–water partition coefficient (Wildman–Crippen LogP) is 0.430. The van der Waals surface area contributed by atoms with Crippen LogP contribution in [0.4, 0.5) is 10.5 Å². The van der Waals surface area contributed by atoms with Gasteiger partial charge >= 0.3 is 19.2 Å². The van der Waals surface area contributed by atoms with Crippen molar-refractivity contribution in [1.82, 2.24) is 4.90 Å². The summed E-state index contributed by atoms with van der Waals surface area (Å²) in [4.78, 5) is 27.2. The highest BCUT2D eigenvalue weighted by atomic mass is 16.6. The van der Waals surface area contributed by atoms with Crippen LogP contribution in [0.25, 0.3) is 0 Å². The van der Waals surface area contributed by atoms with Crippen LogP contribution in [0.15, 0.2) is 12.1 Å². The molecule has 0 aromatic heterocycles. The summed E-state index contributed by atoms with van der Waals surface area (Å²) in [6.07, 6.45) is -0.375. The number of amides is 1. The molecule has 26 heavy (non-hydrogen) atoms. The fourth-order valence-corrected chi connectivity index (χ4v) is 2.88. The molecule has 1 aliphatic heterocycles. The Morgan fingerprint density at radius 1 is 1.12 bits per heavy atom. The highest BCUT2D eigenvalue weighted by molar-refractivity contribution is 6.58. The van der Waals surface area contributed by atoms with E-state index in [1.165, 1.54) is 6.07 Å². The Bertz CT molecular complexity index is 693. The second-order valence-corrected chi connectivity index (χ2v) is 7.35. The maximum atomic E-state index is 12.2. The van der Waals surface area contributed by atoms with Crippen LogP contribution < -0.4 is 10.4 Å². The molecule has 1 aromatic carbocycles. The molecule has 0 spiro atoms. The van der Waals surface area contributed by atoms with Gasteiger partial charge in [0.15, 0.2) is 0 Å². The molecule has 0 radical (unpaired) electrons. The summed E-state index contributed by atoms with van der Waals surface area (Å²) < 4.78 is 5.37. The third kappa shape index (κ3) is 4.67. The summed E-state index contributed by atoms with van der Waals surface area (Å²) in [6.45, 7) is 8.96. The number of carboxylic acids is 1. The van der Waals surface area contributed by atoms with E-state index in [1.54, 1.807) is 17.9 Å². The number of hydrogen-bond acceptors (Lipinski definition) is 6. The fraction of sp³-hybridized carbons (Fsp3) is 0.529. The molecule has 1 heterocycles. The van der Waals surface area contributed by atoms with Gasteiger partial charge in [0.2, 0.25) is 0 Å². The molecule has 1 fully saturated rings. The molecule has 9 heteroatoms. The van der Waals surface area contributed by atoms with E-state index in [0.717, 1.165) is 0 Å². The molecule has 1 aliphatic rings.